The lowest BCUT2D eigenvalue weighted by atomic mass is 10.1. The van der Waals surface area contributed by atoms with Crippen LogP contribution in [-0.2, 0) is 0 Å². The molecule has 1 aromatic heterocycles. The first kappa shape index (κ1) is 11.3. The predicted molar refractivity (Wildman–Crippen MR) is 62.4 cm³/mol. The van der Waals surface area contributed by atoms with Crippen molar-refractivity contribution < 1.29 is 9.13 Å². The molecule has 2 rings (SSSR count). The molecule has 0 amide bonds. The van der Waals surface area contributed by atoms with Crippen LogP contribution in [0.1, 0.15) is 11.1 Å². The van der Waals surface area contributed by atoms with Gasteiger partial charge in [0.1, 0.15) is 5.75 Å². The number of nitrogens with zero attached hydrogens (tertiary/aromatic N) is 2. The zero-order valence-corrected chi connectivity index (χ0v) is 9.57. The molecule has 0 atom stereocenters. The minimum Gasteiger partial charge on any atom is -0.438 e. The Morgan fingerprint density at radius 3 is 2.59 bits per heavy atom. The Labute approximate surface area is 98.3 Å². The Bertz CT molecular complexity index is 537. The molecule has 0 bridgehead atoms. The quantitative estimate of drug-likeness (QED) is 0.810. The molecule has 88 valence electrons. The van der Waals surface area contributed by atoms with E-state index in [9.17, 15) is 4.39 Å². The van der Waals surface area contributed by atoms with Gasteiger partial charge in [0.25, 0.3) is 0 Å². The van der Waals surface area contributed by atoms with Gasteiger partial charge in [-0.05, 0) is 25.5 Å². The van der Waals surface area contributed by atoms with Crippen molar-refractivity contribution in [1.82, 2.24) is 9.97 Å². The summed E-state index contributed by atoms with van der Waals surface area (Å²) in [6, 6.07) is 6.77. The second kappa shape index (κ2) is 4.37. The van der Waals surface area contributed by atoms with Crippen molar-refractivity contribution >= 4 is 5.95 Å². The number of aromatic nitrogens is 2. The molecular formula is C12H12FN3O. The summed E-state index contributed by atoms with van der Waals surface area (Å²) in [6.45, 7) is 3.89. The van der Waals surface area contributed by atoms with E-state index in [1.807, 2.05) is 26.0 Å². The second-order valence-electron chi connectivity index (χ2n) is 3.76. The first-order chi connectivity index (χ1) is 8.04. The van der Waals surface area contributed by atoms with Crippen LogP contribution in [0.25, 0.3) is 0 Å². The topological polar surface area (TPSA) is 61.0 Å². The highest BCUT2D eigenvalue weighted by molar-refractivity contribution is 5.38. The number of rotatable bonds is 2. The summed E-state index contributed by atoms with van der Waals surface area (Å²) in [6.07, 6.45) is 0. The Morgan fingerprint density at radius 2 is 1.94 bits per heavy atom. The molecule has 1 heterocycles. The van der Waals surface area contributed by atoms with Crippen LogP contribution in [0.5, 0.6) is 11.6 Å². The number of anilines is 1. The van der Waals surface area contributed by atoms with Gasteiger partial charge in [-0.1, -0.05) is 17.7 Å². The van der Waals surface area contributed by atoms with Crippen LogP contribution in [0, 0.1) is 19.8 Å². The molecule has 0 aliphatic heterocycles. The minimum atomic E-state index is -0.711. The van der Waals surface area contributed by atoms with E-state index in [4.69, 9.17) is 10.5 Å². The highest BCUT2D eigenvalue weighted by Crippen LogP contribution is 2.24. The first-order valence-electron chi connectivity index (χ1n) is 5.10. The van der Waals surface area contributed by atoms with E-state index in [-0.39, 0.29) is 11.8 Å². The third-order valence-corrected chi connectivity index (χ3v) is 2.23. The van der Waals surface area contributed by atoms with E-state index in [0.29, 0.717) is 5.75 Å². The zero-order valence-electron chi connectivity index (χ0n) is 9.57. The molecule has 1 aromatic carbocycles. The molecule has 0 saturated heterocycles. The first-order valence-corrected chi connectivity index (χ1v) is 5.10. The lowest BCUT2D eigenvalue weighted by Crippen LogP contribution is -1.99. The molecule has 0 aliphatic rings. The van der Waals surface area contributed by atoms with E-state index < -0.39 is 5.95 Å². The number of ether oxygens (including phenoxy) is 1. The fourth-order valence-electron chi connectivity index (χ4n) is 1.49. The fourth-order valence-corrected chi connectivity index (χ4v) is 1.49. The van der Waals surface area contributed by atoms with Crippen molar-refractivity contribution in [2.24, 2.45) is 0 Å². The summed E-state index contributed by atoms with van der Waals surface area (Å²) < 4.78 is 18.4. The number of nitrogens with two attached hydrogens (primary N) is 1. The van der Waals surface area contributed by atoms with Gasteiger partial charge in [-0.25, -0.2) is 0 Å². The molecule has 0 aliphatic carbocycles. The van der Waals surface area contributed by atoms with Crippen molar-refractivity contribution in [1.29, 1.82) is 0 Å². The Morgan fingerprint density at radius 1 is 1.18 bits per heavy atom. The largest absolute Gasteiger partial charge is 0.438 e. The van der Waals surface area contributed by atoms with Crippen LogP contribution in [0.15, 0.2) is 24.3 Å². The average molecular weight is 233 g/mol. The van der Waals surface area contributed by atoms with Gasteiger partial charge in [-0.15, -0.1) is 0 Å². The molecular weight excluding hydrogens is 221 g/mol. The van der Waals surface area contributed by atoms with Crippen LogP contribution in [-0.4, -0.2) is 9.97 Å². The lowest BCUT2D eigenvalue weighted by Gasteiger charge is -2.08. The third-order valence-electron chi connectivity index (χ3n) is 2.23. The van der Waals surface area contributed by atoms with Gasteiger partial charge >= 0.3 is 0 Å². The van der Waals surface area contributed by atoms with E-state index >= 15 is 0 Å². The van der Waals surface area contributed by atoms with E-state index in [0.717, 1.165) is 17.2 Å². The van der Waals surface area contributed by atoms with Crippen molar-refractivity contribution in [2.75, 3.05) is 5.73 Å². The third kappa shape index (κ3) is 2.69. The number of hydrogen-bond donors (Lipinski definition) is 1. The number of aryl methyl sites for hydroxylation is 2. The van der Waals surface area contributed by atoms with Gasteiger partial charge in [0.05, 0.1) is 6.07 Å². The SMILES string of the molecule is Cc1ccc(Oc2cc(F)nc(N)n2)c(C)c1. The van der Waals surface area contributed by atoms with Crippen LogP contribution >= 0.6 is 0 Å². The molecule has 2 N–H and O–H groups in total. The Kier molecular flexibility index (Phi) is 2.91. The smallest absolute Gasteiger partial charge is 0.227 e. The summed E-state index contributed by atoms with van der Waals surface area (Å²) >= 11 is 0. The highest BCUT2D eigenvalue weighted by atomic mass is 19.1. The average Bonchev–Trinajstić information content (AvgIpc) is 2.21. The van der Waals surface area contributed by atoms with Gasteiger partial charge in [0, 0.05) is 0 Å². The van der Waals surface area contributed by atoms with Gasteiger partial charge in [0.15, 0.2) is 0 Å². The summed E-state index contributed by atoms with van der Waals surface area (Å²) in [7, 11) is 0. The van der Waals surface area contributed by atoms with Gasteiger partial charge in [-0.3, -0.25) is 0 Å². The molecule has 2 aromatic rings. The van der Waals surface area contributed by atoms with Gasteiger partial charge < -0.3 is 10.5 Å². The lowest BCUT2D eigenvalue weighted by molar-refractivity contribution is 0.449. The van der Waals surface area contributed by atoms with Crippen molar-refractivity contribution in [3.8, 4) is 11.6 Å². The van der Waals surface area contributed by atoms with Crippen LogP contribution in [0.2, 0.25) is 0 Å². The minimum absolute atomic E-state index is 0.0990. The molecule has 17 heavy (non-hydrogen) atoms. The maximum atomic E-state index is 13.0. The predicted octanol–water partition coefficient (Wildman–Crippen LogP) is 2.61. The van der Waals surface area contributed by atoms with Crippen LogP contribution in [0.4, 0.5) is 10.3 Å². The number of halogens is 1. The van der Waals surface area contributed by atoms with E-state index in [1.165, 1.54) is 0 Å². The summed E-state index contributed by atoms with van der Waals surface area (Å²) in [5, 5.41) is 0. The van der Waals surface area contributed by atoms with Crippen molar-refractivity contribution in [2.45, 2.75) is 13.8 Å². The molecule has 4 nitrogen and oxygen atoms in total. The van der Waals surface area contributed by atoms with Gasteiger partial charge in [-0.2, -0.15) is 14.4 Å². The zero-order chi connectivity index (χ0) is 12.4. The summed E-state index contributed by atoms with van der Waals surface area (Å²) in [5.74, 6) is -0.142. The maximum absolute atomic E-state index is 13.0. The van der Waals surface area contributed by atoms with Crippen LogP contribution in [0.3, 0.4) is 0 Å². The monoisotopic (exact) mass is 233 g/mol. The molecule has 0 saturated carbocycles. The number of hydrogen-bond acceptors (Lipinski definition) is 4. The Balaban J connectivity index is 2.31. The summed E-state index contributed by atoms with van der Waals surface area (Å²) in [4.78, 5) is 7.13. The number of benzene rings is 1. The molecule has 0 fully saturated rings. The van der Waals surface area contributed by atoms with Crippen molar-refractivity contribution in [3.63, 3.8) is 0 Å². The second-order valence-corrected chi connectivity index (χ2v) is 3.76. The maximum Gasteiger partial charge on any atom is 0.227 e. The molecule has 0 unspecified atom stereocenters. The standard InChI is InChI=1S/C12H12FN3O/c1-7-3-4-9(8(2)5-7)17-11-6-10(13)15-12(14)16-11/h3-6H,1-2H3,(H2,14,15,16). The fraction of sp³-hybridized carbons (Fsp3) is 0.167. The molecule has 0 spiro atoms. The van der Waals surface area contributed by atoms with Crippen molar-refractivity contribution in [3.05, 3.63) is 41.3 Å². The summed E-state index contributed by atoms with van der Waals surface area (Å²) in [5.41, 5.74) is 7.41. The molecule has 5 heteroatoms. The number of nitrogen functional groups attached to an aromatic ring is 1. The van der Waals surface area contributed by atoms with E-state index in [2.05, 4.69) is 9.97 Å². The van der Waals surface area contributed by atoms with Crippen LogP contribution < -0.4 is 10.5 Å². The Hall–Kier alpha value is -2.17. The molecule has 0 radical (unpaired) electrons. The normalized spacial score (nSPS) is 10.3. The van der Waals surface area contributed by atoms with E-state index in [1.54, 1.807) is 6.07 Å². The van der Waals surface area contributed by atoms with Gasteiger partial charge in [0.2, 0.25) is 17.8 Å². The highest BCUT2D eigenvalue weighted by Gasteiger charge is 2.06.